The van der Waals surface area contributed by atoms with Crippen LogP contribution in [0.5, 0.6) is 0 Å². The van der Waals surface area contributed by atoms with Gasteiger partial charge in [-0.25, -0.2) is 0 Å². The first-order valence-corrected chi connectivity index (χ1v) is 5.23. The van der Waals surface area contributed by atoms with Crippen molar-refractivity contribution in [1.82, 2.24) is 9.80 Å². The summed E-state index contributed by atoms with van der Waals surface area (Å²) in [6.07, 6.45) is 2.61. The van der Waals surface area contributed by atoms with E-state index in [-0.39, 0.29) is 11.6 Å². The summed E-state index contributed by atoms with van der Waals surface area (Å²) in [6, 6.07) is 0. The highest BCUT2D eigenvalue weighted by molar-refractivity contribution is 5.77. The molecule has 1 spiro atoms. The van der Waals surface area contributed by atoms with Gasteiger partial charge >= 0.3 is 0 Å². The smallest absolute Gasteiger partial charge is 0.226 e. The molecule has 80 valence electrons. The van der Waals surface area contributed by atoms with Crippen molar-refractivity contribution >= 4 is 5.91 Å². The number of amides is 1. The Kier molecular flexibility index (Phi) is 2.49. The summed E-state index contributed by atoms with van der Waals surface area (Å²) in [6.45, 7) is 2.53. The normalized spacial score (nSPS) is 35.3. The number of hydrogen-bond donors (Lipinski definition) is 0. The summed E-state index contributed by atoms with van der Waals surface area (Å²) in [5.74, 6) is 0.214. The van der Waals surface area contributed by atoms with Crippen molar-refractivity contribution in [2.45, 2.75) is 25.0 Å². The van der Waals surface area contributed by atoms with Crippen molar-refractivity contribution in [3.05, 3.63) is 0 Å². The van der Waals surface area contributed by atoms with Crippen molar-refractivity contribution in [3.8, 4) is 0 Å². The first-order valence-electron chi connectivity index (χ1n) is 5.23. The summed E-state index contributed by atoms with van der Waals surface area (Å²) in [7, 11) is 3.94. The summed E-state index contributed by atoms with van der Waals surface area (Å²) in [5, 5.41) is 0. The maximum Gasteiger partial charge on any atom is 0.226 e. The number of rotatable bonds is 0. The van der Waals surface area contributed by atoms with Gasteiger partial charge in [-0.2, -0.15) is 0 Å². The summed E-state index contributed by atoms with van der Waals surface area (Å²) >= 11 is 0. The van der Waals surface area contributed by atoms with Crippen LogP contribution in [0.3, 0.4) is 0 Å². The second-order valence-corrected chi connectivity index (χ2v) is 4.34. The zero-order valence-electron chi connectivity index (χ0n) is 8.95. The minimum atomic E-state index is -0.331. The van der Waals surface area contributed by atoms with E-state index in [0.717, 1.165) is 25.9 Å². The van der Waals surface area contributed by atoms with Crippen LogP contribution in [-0.2, 0) is 9.53 Å². The molecule has 0 aromatic heterocycles. The van der Waals surface area contributed by atoms with Gasteiger partial charge < -0.3 is 14.5 Å². The Morgan fingerprint density at radius 2 is 2.21 bits per heavy atom. The van der Waals surface area contributed by atoms with Crippen molar-refractivity contribution in [1.29, 1.82) is 0 Å². The highest BCUT2D eigenvalue weighted by Gasteiger charge is 2.43. The van der Waals surface area contributed by atoms with E-state index in [1.54, 1.807) is 4.90 Å². The molecule has 2 fully saturated rings. The number of nitrogens with zero attached hydrogens (tertiary/aromatic N) is 2. The molecule has 0 N–H and O–H groups in total. The molecule has 1 atom stereocenters. The molecule has 2 rings (SSSR count). The predicted molar refractivity (Wildman–Crippen MR) is 52.8 cm³/mol. The van der Waals surface area contributed by atoms with Gasteiger partial charge in [-0.1, -0.05) is 0 Å². The monoisotopic (exact) mass is 198 g/mol. The maximum absolute atomic E-state index is 11.6. The van der Waals surface area contributed by atoms with E-state index in [1.165, 1.54) is 0 Å². The number of carbonyl (C=O) groups excluding carboxylic acids is 1. The van der Waals surface area contributed by atoms with E-state index in [0.29, 0.717) is 13.0 Å². The SMILES string of the molecule is CN1CCCC2(C1)OCCC(=O)N2C. The summed E-state index contributed by atoms with van der Waals surface area (Å²) in [5.41, 5.74) is -0.331. The summed E-state index contributed by atoms with van der Waals surface area (Å²) < 4.78 is 5.82. The molecule has 4 nitrogen and oxygen atoms in total. The fourth-order valence-corrected chi connectivity index (χ4v) is 2.42. The molecule has 2 aliphatic heterocycles. The van der Waals surface area contributed by atoms with Gasteiger partial charge in [-0.05, 0) is 26.4 Å². The molecule has 2 heterocycles. The third-order valence-corrected chi connectivity index (χ3v) is 3.30. The van der Waals surface area contributed by atoms with Gasteiger partial charge in [0.1, 0.15) is 0 Å². The molecular formula is C10H18N2O2. The Labute approximate surface area is 84.8 Å². The first-order chi connectivity index (χ1) is 6.64. The van der Waals surface area contributed by atoms with E-state index < -0.39 is 0 Å². The molecule has 4 heteroatoms. The lowest BCUT2D eigenvalue weighted by molar-refractivity contribution is -0.206. The van der Waals surface area contributed by atoms with Crippen molar-refractivity contribution in [3.63, 3.8) is 0 Å². The van der Waals surface area contributed by atoms with Gasteiger partial charge in [0.05, 0.1) is 13.0 Å². The minimum Gasteiger partial charge on any atom is -0.354 e. The van der Waals surface area contributed by atoms with Gasteiger partial charge in [0, 0.05) is 13.6 Å². The zero-order chi connectivity index (χ0) is 10.2. The maximum atomic E-state index is 11.6. The summed E-state index contributed by atoms with van der Waals surface area (Å²) in [4.78, 5) is 15.6. The lowest BCUT2D eigenvalue weighted by atomic mass is 9.98. The van der Waals surface area contributed by atoms with Crippen molar-refractivity contribution in [2.75, 3.05) is 33.8 Å². The van der Waals surface area contributed by atoms with Gasteiger partial charge in [-0.3, -0.25) is 4.79 Å². The van der Waals surface area contributed by atoms with Gasteiger partial charge in [0.15, 0.2) is 5.72 Å². The van der Waals surface area contributed by atoms with E-state index in [2.05, 4.69) is 11.9 Å². The first kappa shape index (κ1) is 9.93. The molecule has 0 saturated carbocycles. The Balaban J connectivity index is 2.15. The molecule has 0 bridgehead atoms. The Bertz CT molecular complexity index is 240. The van der Waals surface area contributed by atoms with Crippen LogP contribution in [0.1, 0.15) is 19.3 Å². The third-order valence-electron chi connectivity index (χ3n) is 3.30. The molecule has 1 unspecified atom stereocenters. The van der Waals surface area contributed by atoms with Crippen LogP contribution >= 0.6 is 0 Å². The number of ether oxygens (including phenoxy) is 1. The van der Waals surface area contributed by atoms with Crippen LogP contribution in [-0.4, -0.2) is 55.2 Å². The topological polar surface area (TPSA) is 32.8 Å². The van der Waals surface area contributed by atoms with Gasteiger partial charge in [0.2, 0.25) is 5.91 Å². The van der Waals surface area contributed by atoms with Crippen molar-refractivity contribution < 1.29 is 9.53 Å². The van der Waals surface area contributed by atoms with Crippen LogP contribution in [0, 0.1) is 0 Å². The average molecular weight is 198 g/mol. The number of likely N-dealkylation sites (N-methyl/N-ethyl adjacent to an activating group) is 2. The van der Waals surface area contributed by atoms with Crippen molar-refractivity contribution in [2.24, 2.45) is 0 Å². The minimum absolute atomic E-state index is 0.214. The lowest BCUT2D eigenvalue weighted by Crippen LogP contribution is -2.62. The van der Waals surface area contributed by atoms with E-state index in [4.69, 9.17) is 4.74 Å². The fourth-order valence-electron chi connectivity index (χ4n) is 2.42. The molecular weight excluding hydrogens is 180 g/mol. The molecule has 2 aliphatic rings. The highest BCUT2D eigenvalue weighted by Crippen LogP contribution is 2.30. The molecule has 0 aromatic carbocycles. The lowest BCUT2D eigenvalue weighted by Gasteiger charge is -2.49. The number of carbonyl (C=O) groups is 1. The van der Waals surface area contributed by atoms with Crippen LogP contribution in [0.25, 0.3) is 0 Å². The molecule has 0 aromatic rings. The molecule has 14 heavy (non-hydrogen) atoms. The highest BCUT2D eigenvalue weighted by atomic mass is 16.5. The second-order valence-electron chi connectivity index (χ2n) is 4.34. The van der Waals surface area contributed by atoms with Gasteiger partial charge in [0.25, 0.3) is 0 Å². The van der Waals surface area contributed by atoms with Gasteiger partial charge in [-0.15, -0.1) is 0 Å². The predicted octanol–water partition coefficient (Wildman–Crippen LogP) is 0.287. The number of hydrogen-bond acceptors (Lipinski definition) is 3. The number of likely N-dealkylation sites (tertiary alicyclic amines) is 1. The van der Waals surface area contributed by atoms with Crippen LogP contribution in [0.2, 0.25) is 0 Å². The molecule has 2 saturated heterocycles. The zero-order valence-corrected chi connectivity index (χ0v) is 8.95. The molecule has 0 aliphatic carbocycles. The molecule has 1 amide bonds. The third kappa shape index (κ3) is 1.53. The second kappa shape index (κ2) is 3.51. The number of piperidine rings is 1. The quantitative estimate of drug-likeness (QED) is 0.561. The average Bonchev–Trinajstić information content (AvgIpc) is 2.14. The fraction of sp³-hybridized carbons (Fsp3) is 0.900. The van der Waals surface area contributed by atoms with E-state index in [1.807, 2.05) is 7.05 Å². The van der Waals surface area contributed by atoms with E-state index >= 15 is 0 Å². The Hall–Kier alpha value is -0.610. The standard InChI is InChI=1S/C10H18N2O2/c1-11-6-3-5-10(8-11)12(2)9(13)4-7-14-10/h3-8H2,1-2H3. The largest absolute Gasteiger partial charge is 0.354 e. The van der Waals surface area contributed by atoms with E-state index in [9.17, 15) is 4.79 Å². The Morgan fingerprint density at radius 3 is 2.93 bits per heavy atom. The van der Waals surface area contributed by atoms with Crippen LogP contribution in [0.4, 0.5) is 0 Å². The van der Waals surface area contributed by atoms with Crippen LogP contribution < -0.4 is 0 Å². The molecule has 0 radical (unpaired) electrons. The van der Waals surface area contributed by atoms with Crippen LogP contribution in [0.15, 0.2) is 0 Å². The Morgan fingerprint density at radius 1 is 1.43 bits per heavy atom.